The second kappa shape index (κ2) is 9.27. The first kappa shape index (κ1) is 20.4. The predicted octanol–water partition coefficient (Wildman–Crippen LogP) is 5.93. The lowest BCUT2D eigenvalue weighted by atomic mass is 10.1. The summed E-state index contributed by atoms with van der Waals surface area (Å²) in [4.78, 5) is 19.6. The molecule has 7 nitrogen and oxygen atoms in total. The van der Waals surface area contributed by atoms with Gasteiger partial charge in [0.15, 0.2) is 0 Å². The molecule has 4 rings (SSSR count). The number of non-ortho nitro benzene ring substituents is 1. The van der Waals surface area contributed by atoms with Crippen LogP contribution in [0, 0.1) is 10.1 Å². The maximum atomic E-state index is 10.9. The van der Waals surface area contributed by atoms with E-state index in [9.17, 15) is 10.1 Å². The standard InChI is InChI=1S/C23H16BrN5O2/c24-19-11-9-18(10-12-19)22-14-21(17-6-2-1-3-7-17)26-23(27-22)28-25-15-16-5-4-8-20(13-16)29(30)31/h1-15H,(H,26,27,28)/b25-15-. The minimum atomic E-state index is -0.443. The number of halogens is 1. The van der Waals surface area contributed by atoms with Crippen molar-refractivity contribution in [3.63, 3.8) is 0 Å². The second-order valence-corrected chi connectivity index (χ2v) is 7.47. The van der Waals surface area contributed by atoms with Crippen molar-refractivity contribution < 1.29 is 4.92 Å². The lowest BCUT2D eigenvalue weighted by Gasteiger charge is -2.08. The molecule has 152 valence electrons. The Morgan fingerprint density at radius 2 is 1.55 bits per heavy atom. The molecule has 0 unspecified atom stereocenters. The number of nitro groups is 1. The van der Waals surface area contributed by atoms with Crippen molar-refractivity contribution in [1.82, 2.24) is 9.97 Å². The number of anilines is 1. The molecule has 8 heteroatoms. The van der Waals surface area contributed by atoms with Crippen LogP contribution >= 0.6 is 15.9 Å². The van der Waals surface area contributed by atoms with E-state index in [0.29, 0.717) is 11.5 Å². The highest BCUT2D eigenvalue weighted by atomic mass is 79.9. The molecule has 31 heavy (non-hydrogen) atoms. The summed E-state index contributed by atoms with van der Waals surface area (Å²) in [5.74, 6) is 0.320. The Morgan fingerprint density at radius 3 is 2.23 bits per heavy atom. The van der Waals surface area contributed by atoms with Crippen molar-refractivity contribution in [2.75, 3.05) is 5.43 Å². The molecule has 1 heterocycles. The second-order valence-electron chi connectivity index (χ2n) is 6.56. The number of rotatable bonds is 6. The fourth-order valence-corrected chi connectivity index (χ4v) is 3.17. The van der Waals surface area contributed by atoms with Gasteiger partial charge in [0.25, 0.3) is 5.69 Å². The molecule has 0 spiro atoms. The fraction of sp³-hybridized carbons (Fsp3) is 0. The van der Waals surface area contributed by atoms with Crippen LogP contribution in [0.5, 0.6) is 0 Å². The van der Waals surface area contributed by atoms with Crippen molar-refractivity contribution in [3.8, 4) is 22.5 Å². The van der Waals surface area contributed by atoms with Gasteiger partial charge in [0.05, 0.1) is 22.5 Å². The Bertz CT molecular complexity index is 1240. The zero-order chi connectivity index (χ0) is 21.6. The van der Waals surface area contributed by atoms with Gasteiger partial charge in [-0.15, -0.1) is 0 Å². The third-order valence-corrected chi connectivity index (χ3v) is 4.92. The van der Waals surface area contributed by atoms with Crippen molar-refractivity contribution >= 4 is 33.8 Å². The summed E-state index contributed by atoms with van der Waals surface area (Å²) in [5.41, 5.74) is 6.82. The average Bonchev–Trinajstić information content (AvgIpc) is 2.80. The van der Waals surface area contributed by atoms with Crippen LogP contribution in [-0.4, -0.2) is 21.1 Å². The first-order valence-electron chi connectivity index (χ1n) is 9.32. The molecule has 1 aromatic heterocycles. The predicted molar refractivity (Wildman–Crippen MR) is 125 cm³/mol. The summed E-state index contributed by atoms with van der Waals surface area (Å²) in [6, 6.07) is 25.8. The Labute approximate surface area is 186 Å². The summed E-state index contributed by atoms with van der Waals surface area (Å²) in [6.45, 7) is 0. The molecule has 0 saturated carbocycles. The summed E-state index contributed by atoms with van der Waals surface area (Å²) >= 11 is 3.45. The number of nitro benzene ring substituents is 1. The molecular formula is C23H16BrN5O2. The van der Waals surface area contributed by atoms with Crippen molar-refractivity contribution in [3.05, 3.63) is 105 Å². The van der Waals surface area contributed by atoms with Gasteiger partial charge >= 0.3 is 0 Å². The van der Waals surface area contributed by atoms with E-state index in [4.69, 9.17) is 0 Å². The SMILES string of the molecule is O=[N+]([O-])c1cccc(/C=N\Nc2nc(-c3ccccc3)cc(-c3ccc(Br)cc3)n2)c1. The molecule has 0 radical (unpaired) electrons. The first-order valence-corrected chi connectivity index (χ1v) is 10.1. The van der Waals surface area contributed by atoms with Gasteiger partial charge in [0, 0.05) is 33.3 Å². The number of nitrogens with zero attached hydrogens (tertiary/aromatic N) is 4. The van der Waals surface area contributed by atoms with E-state index in [1.165, 1.54) is 18.3 Å². The van der Waals surface area contributed by atoms with Crippen LogP contribution in [0.2, 0.25) is 0 Å². The Balaban J connectivity index is 1.66. The van der Waals surface area contributed by atoms with Gasteiger partial charge in [-0.1, -0.05) is 70.5 Å². The highest BCUT2D eigenvalue weighted by Gasteiger charge is 2.09. The molecular weight excluding hydrogens is 458 g/mol. The van der Waals surface area contributed by atoms with Crippen LogP contribution in [0.3, 0.4) is 0 Å². The molecule has 0 bridgehead atoms. The van der Waals surface area contributed by atoms with E-state index < -0.39 is 4.92 Å². The maximum Gasteiger partial charge on any atom is 0.270 e. The molecule has 0 fully saturated rings. The quantitative estimate of drug-likeness (QED) is 0.213. The minimum Gasteiger partial charge on any atom is -0.258 e. The van der Waals surface area contributed by atoms with Crippen LogP contribution < -0.4 is 5.43 Å². The number of benzene rings is 3. The Morgan fingerprint density at radius 1 is 0.871 bits per heavy atom. The Hall–Kier alpha value is -3.91. The lowest BCUT2D eigenvalue weighted by Crippen LogP contribution is -2.00. The topological polar surface area (TPSA) is 93.3 Å². The van der Waals surface area contributed by atoms with E-state index in [-0.39, 0.29) is 5.69 Å². The molecule has 0 amide bonds. The third-order valence-electron chi connectivity index (χ3n) is 4.39. The zero-order valence-corrected chi connectivity index (χ0v) is 17.7. The maximum absolute atomic E-state index is 10.9. The summed E-state index contributed by atoms with van der Waals surface area (Å²) < 4.78 is 0.980. The van der Waals surface area contributed by atoms with Gasteiger partial charge in [0.2, 0.25) is 5.95 Å². The number of hydrogen-bond donors (Lipinski definition) is 1. The van der Waals surface area contributed by atoms with Crippen LogP contribution in [0.15, 0.2) is 94.5 Å². The normalized spacial score (nSPS) is 10.9. The molecule has 0 aliphatic carbocycles. The molecule has 0 saturated heterocycles. The van der Waals surface area contributed by atoms with Gasteiger partial charge in [-0.2, -0.15) is 5.10 Å². The van der Waals surface area contributed by atoms with Crippen LogP contribution in [0.4, 0.5) is 11.6 Å². The van der Waals surface area contributed by atoms with Crippen molar-refractivity contribution in [2.45, 2.75) is 0 Å². The number of nitrogens with one attached hydrogen (secondary N) is 1. The van der Waals surface area contributed by atoms with Gasteiger partial charge in [-0.25, -0.2) is 15.4 Å². The van der Waals surface area contributed by atoms with Crippen molar-refractivity contribution in [2.24, 2.45) is 5.10 Å². The lowest BCUT2D eigenvalue weighted by molar-refractivity contribution is -0.384. The third kappa shape index (κ3) is 5.18. The fourth-order valence-electron chi connectivity index (χ4n) is 2.91. The smallest absolute Gasteiger partial charge is 0.258 e. The molecule has 0 atom stereocenters. The zero-order valence-electron chi connectivity index (χ0n) is 16.1. The highest BCUT2D eigenvalue weighted by Crippen LogP contribution is 2.26. The largest absolute Gasteiger partial charge is 0.270 e. The van der Waals surface area contributed by atoms with Gasteiger partial charge in [0.1, 0.15) is 0 Å². The molecule has 4 aromatic rings. The molecule has 0 aliphatic heterocycles. The Kier molecular flexibility index (Phi) is 6.09. The van der Waals surface area contributed by atoms with E-state index >= 15 is 0 Å². The summed E-state index contributed by atoms with van der Waals surface area (Å²) in [5, 5.41) is 15.1. The molecule has 0 aliphatic rings. The van der Waals surface area contributed by atoms with E-state index in [1.54, 1.807) is 12.1 Å². The number of hydrazone groups is 1. The highest BCUT2D eigenvalue weighted by molar-refractivity contribution is 9.10. The number of aromatic nitrogens is 2. The molecule has 3 aromatic carbocycles. The van der Waals surface area contributed by atoms with Gasteiger partial charge in [-0.3, -0.25) is 10.1 Å². The average molecular weight is 474 g/mol. The monoisotopic (exact) mass is 473 g/mol. The van der Waals surface area contributed by atoms with E-state index in [0.717, 1.165) is 27.0 Å². The van der Waals surface area contributed by atoms with Crippen molar-refractivity contribution in [1.29, 1.82) is 0 Å². The summed E-state index contributed by atoms with van der Waals surface area (Å²) in [7, 11) is 0. The van der Waals surface area contributed by atoms with Gasteiger partial charge in [-0.05, 0) is 18.2 Å². The molecule has 1 N–H and O–H groups in total. The van der Waals surface area contributed by atoms with E-state index in [1.807, 2.05) is 60.7 Å². The summed E-state index contributed by atoms with van der Waals surface area (Å²) in [6.07, 6.45) is 1.49. The van der Waals surface area contributed by atoms with Crippen LogP contribution in [0.1, 0.15) is 5.56 Å². The number of hydrogen-bond acceptors (Lipinski definition) is 6. The van der Waals surface area contributed by atoms with Crippen LogP contribution in [-0.2, 0) is 0 Å². The van der Waals surface area contributed by atoms with Crippen LogP contribution in [0.25, 0.3) is 22.5 Å². The first-order chi connectivity index (χ1) is 15.1. The van der Waals surface area contributed by atoms with Gasteiger partial charge < -0.3 is 0 Å². The van der Waals surface area contributed by atoms with E-state index in [2.05, 4.69) is 36.4 Å². The minimum absolute atomic E-state index is 0.00352.